The summed E-state index contributed by atoms with van der Waals surface area (Å²) in [7, 11) is 3.38. The number of hydrogen-bond acceptors (Lipinski definition) is 2. The third kappa shape index (κ3) is 2.74. The lowest BCUT2D eigenvalue weighted by Crippen LogP contribution is -1.94. The van der Waals surface area contributed by atoms with E-state index in [0.29, 0.717) is 6.61 Å². The topological polar surface area (TPSA) is 18.5 Å². The van der Waals surface area contributed by atoms with Crippen molar-refractivity contribution in [3.05, 3.63) is 52.5 Å². The Kier molecular flexibility index (Phi) is 4.39. The third-order valence-corrected chi connectivity index (χ3v) is 3.55. The molecule has 0 aliphatic carbocycles. The fraction of sp³-hybridized carbons (Fsp3) is 0.200. The number of methoxy groups -OCH3 is 2. The van der Waals surface area contributed by atoms with Crippen molar-refractivity contribution in [3.8, 4) is 16.9 Å². The minimum atomic E-state index is 0.586. The first kappa shape index (κ1) is 13.1. The molecule has 0 unspecified atom stereocenters. The van der Waals surface area contributed by atoms with Crippen LogP contribution in [0.25, 0.3) is 11.1 Å². The lowest BCUT2D eigenvalue weighted by Gasteiger charge is -2.11. The first-order chi connectivity index (χ1) is 8.76. The standard InChI is InChI=1S/C15H15BrO2/c1-17-10-14-13(4-3-5-15(14)16)11-6-8-12(18-2)9-7-11/h3-9H,10H2,1-2H3. The SMILES string of the molecule is COCc1c(Br)cccc1-c1ccc(OC)cc1. The van der Waals surface area contributed by atoms with E-state index in [9.17, 15) is 0 Å². The van der Waals surface area contributed by atoms with Gasteiger partial charge in [-0.1, -0.05) is 40.2 Å². The van der Waals surface area contributed by atoms with Crippen LogP contribution in [0.1, 0.15) is 5.56 Å². The molecule has 0 aromatic heterocycles. The van der Waals surface area contributed by atoms with E-state index in [-0.39, 0.29) is 0 Å². The second kappa shape index (κ2) is 6.03. The number of hydrogen-bond donors (Lipinski definition) is 0. The van der Waals surface area contributed by atoms with Crippen LogP contribution in [0.3, 0.4) is 0 Å². The molecular weight excluding hydrogens is 292 g/mol. The van der Waals surface area contributed by atoms with E-state index in [0.717, 1.165) is 21.3 Å². The molecule has 0 bridgehead atoms. The smallest absolute Gasteiger partial charge is 0.118 e. The van der Waals surface area contributed by atoms with Crippen molar-refractivity contribution in [2.45, 2.75) is 6.61 Å². The maximum Gasteiger partial charge on any atom is 0.118 e. The molecule has 18 heavy (non-hydrogen) atoms. The van der Waals surface area contributed by atoms with Gasteiger partial charge in [0.2, 0.25) is 0 Å². The van der Waals surface area contributed by atoms with Crippen LogP contribution >= 0.6 is 15.9 Å². The Balaban J connectivity index is 2.45. The zero-order chi connectivity index (χ0) is 13.0. The van der Waals surface area contributed by atoms with Crippen LogP contribution in [-0.4, -0.2) is 14.2 Å². The zero-order valence-electron chi connectivity index (χ0n) is 10.4. The highest BCUT2D eigenvalue weighted by atomic mass is 79.9. The fourth-order valence-corrected chi connectivity index (χ4v) is 2.37. The van der Waals surface area contributed by atoms with Gasteiger partial charge in [0.15, 0.2) is 0 Å². The summed E-state index contributed by atoms with van der Waals surface area (Å²) in [5, 5.41) is 0. The molecule has 0 fully saturated rings. The van der Waals surface area contributed by atoms with Crippen molar-refractivity contribution >= 4 is 15.9 Å². The van der Waals surface area contributed by atoms with Crippen LogP contribution in [-0.2, 0) is 11.3 Å². The average molecular weight is 307 g/mol. The molecule has 0 amide bonds. The summed E-state index contributed by atoms with van der Waals surface area (Å²) in [6.07, 6.45) is 0. The maximum absolute atomic E-state index is 5.26. The van der Waals surface area contributed by atoms with E-state index in [1.807, 2.05) is 24.3 Å². The monoisotopic (exact) mass is 306 g/mol. The Hall–Kier alpha value is -1.32. The fourth-order valence-electron chi connectivity index (χ4n) is 1.89. The molecule has 2 aromatic carbocycles. The van der Waals surface area contributed by atoms with Crippen molar-refractivity contribution in [1.29, 1.82) is 0 Å². The van der Waals surface area contributed by atoms with Gasteiger partial charge in [0.1, 0.15) is 5.75 Å². The highest BCUT2D eigenvalue weighted by Crippen LogP contribution is 2.30. The average Bonchev–Trinajstić information content (AvgIpc) is 2.41. The summed E-state index contributed by atoms with van der Waals surface area (Å²) in [5.74, 6) is 0.863. The van der Waals surface area contributed by atoms with Gasteiger partial charge in [-0.2, -0.15) is 0 Å². The Labute approximate surface area is 116 Å². The molecule has 0 aliphatic rings. The van der Waals surface area contributed by atoms with Crippen molar-refractivity contribution in [1.82, 2.24) is 0 Å². The first-order valence-corrected chi connectivity index (χ1v) is 6.46. The normalized spacial score (nSPS) is 10.4. The Morgan fingerprint density at radius 1 is 1.00 bits per heavy atom. The lowest BCUT2D eigenvalue weighted by molar-refractivity contribution is 0.185. The molecular formula is C15H15BrO2. The van der Waals surface area contributed by atoms with Crippen LogP contribution in [0.15, 0.2) is 46.9 Å². The van der Waals surface area contributed by atoms with Gasteiger partial charge in [-0.05, 0) is 34.9 Å². The summed E-state index contributed by atoms with van der Waals surface area (Å²) in [4.78, 5) is 0. The van der Waals surface area contributed by atoms with Gasteiger partial charge in [0.25, 0.3) is 0 Å². The summed E-state index contributed by atoms with van der Waals surface area (Å²) in [5.41, 5.74) is 3.49. The first-order valence-electron chi connectivity index (χ1n) is 5.67. The largest absolute Gasteiger partial charge is 0.497 e. The molecule has 2 rings (SSSR count). The van der Waals surface area contributed by atoms with Crippen molar-refractivity contribution < 1.29 is 9.47 Å². The molecule has 2 nitrogen and oxygen atoms in total. The molecule has 0 spiro atoms. The van der Waals surface area contributed by atoms with E-state index in [1.54, 1.807) is 14.2 Å². The number of rotatable bonds is 4. The summed E-state index contributed by atoms with van der Waals surface area (Å²) in [6, 6.07) is 14.2. The van der Waals surface area contributed by atoms with Crippen LogP contribution in [0.4, 0.5) is 0 Å². The Bertz CT molecular complexity index is 521. The molecule has 0 N–H and O–H groups in total. The van der Waals surface area contributed by atoms with E-state index < -0.39 is 0 Å². The second-order valence-corrected chi connectivity index (χ2v) is 4.78. The Morgan fingerprint density at radius 2 is 1.72 bits per heavy atom. The van der Waals surface area contributed by atoms with E-state index in [2.05, 4.69) is 34.1 Å². The molecule has 3 heteroatoms. The molecule has 0 saturated carbocycles. The molecule has 0 atom stereocenters. The van der Waals surface area contributed by atoms with Gasteiger partial charge in [-0.25, -0.2) is 0 Å². The van der Waals surface area contributed by atoms with Crippen LogP contribution in [0, 0.1) is 0 Å². The van der Waals surface area contributed by atoms with Gasteiger partial charge in [-0.3, -0.25) is 0 Å². The number of halogens is 1. The van der Waals surface area contributed by atoms with E-state index >= 15 is 0 Å². The van der Waals surface area contributed by atoms with Crippen molar-refractivity contribution in [3.63, 3.8) is 0 Å². The lowest BCUT2D eigenvalue weighted by atomic mass is 10.00. The molecule has 0 aliphatic heterocycles. The van der Waals surface area contributed by atoms with Gasteiger partial charge in [-0.15, -0.1) is 0 Å². The Morgan fingerprint density at radius 3 is 2.33 bits per heavy atom. The van der Waals surface area contributed by atoms with Crippen LogP contribution in [0.2, 0.25) is 0 Å². The van der Waals surface area contributed by atoms with Gasteiger partial charge in [0.05, 0.1) is 13.7 Å². The minimum Gasteiger partial charge on any atom is -0.497 e. The van der Waals surface area contributed by atoms with E-state index in [4.69, 9.17) is 9.47 Å². The molecule has 0 radical (unpaired) electrons. The predicted octanol–water partition coefficient (Wildman–Crippen LogP) is 4.27. The highest BCUT2D eigenvalue weighted by molar-refractivity contribution is 9.10. The minimum absolute atomic E-state index is 0.586. The van der Waals surface area contributed by atoms with Gasteiger partial charge < -0.3 is 9.47 Å². The molecule has 0 saturated heterocycles. The zero-order valence-corrected chi connectivity index (χ0v) is 12.0. The predicted molar refractivity (Wildman–Crippen MR) is 76.8 cm³/mol. The van der Waals surface area contributed by atoms with Crippen LogP contribution < -0.4 is 4.74 Å². The van der Waals surface area contributed by atoms with Crippen molar-refractivity contribution in [2.24, 2.45) is 0 Å². The quantitative estimate of drug-likeness (QED) is 0.840. The molecule has 94 valence electrons. The number of ether oxygens (including phenoxy) is 2. The van der Waals surface area contributed by atoms with E-state index in [1.165, 1.54) is 5.56 Å². The van der Waals surface area contributed by atoms with Gasteiger partial charge >= 0.3 is 0 Å². The molecule has 2 aromatic rings. The summed E-state index contributed by atoms with van der Waals surface area (Å²) < 4.78 is 11.5. The maximum atomic E-state index is 5.26. The summed E-state index contributed by atoms with van der Waals surface area (Å²) >= 11 is 3.57. The van der Waals surface area contributed by atoms with Crippen LogP contribution in [0.5, 0.6) is 5.75 Å². The summed E-state index contributed by atoms with van der Waals surface area (Å²) in [6.45, 7) is 0.586. The highest BCUT2D eigenvalue weighted by Gasteiger charge is 2.08. The molecule has 0 heterocycles. The van der Waals surface area contributed by atoms with Gasteiger partial charge in [0, 0.05) is 11.6 Å². The second-order valence-electron chi connectivity index (χ2n) is 3.93. The number of benzene rings is 2. The third-order valence-electron chi connectivity index (χ3n) is 2.81. The van der Waals surface area contributed by atoms with Crippen molar-refractivity contribution in [2.75, 3.05) is 14.2 Å².